The van der Waals surface area contributed by atoms with Gasteiger partial charge < -0.3 is 5.73 Å². The molecule has 0 bridgehead atoms. The predicted molar refractivity (Wildman–Crippen MR) is 94.1 cm³/mol. The number of rotatable bonds is 2. The summed E-state index contributed by atoms with van der Waals surface area (Å²) in [6.45, 7) is 0. The molecule has 2 aromatic heterocycles. The van der Waals surface area contributed by atoms with Crippen LogP contribution in [0.1, 0.15) is 0 Å². The molecule has 0 amide bonds. The van der Waals surface area contributed by atoms with Crippen molar-refractivity contribution in [3.63, 3.8) is 0 Å². The molecule has 1 aromatic carbocycles. The molecule has 2 heterocycles. The third-order valence-electron chi connectivity index (χ3n) is 3.13. The fourth-order valence-corrected chi connectivity index (χ4v) is 3.78. The van der Waals surface area contributed by atoms with Gasteiger partial charge >= 0.3 is 0 Å². The molecule has 3 rings (SSSR count). The van der Waals surface area contributed by atoms with Gasteiger partial charge in [-0.25, -0.2) is 0 Å². The Morgan fingerprint density at radius 1 is 1.29 bits per heavy atom. The molecule has 0 aliphatic heterocycles. The van der Waals surface area contributed by atoms with Crippen LogP contribution in [0.15, 0.2) is 33.4 Å². The van der Waals surface area contributed by atoms with Gasteiger partial charge in [0.05, 0.1) is 14.4 Å². The van der Waals surface area contributed by atoms with Crippen LogP contribution in [0.25, 0.3) is 22.4 Å². The summed E-state index contributed by atoms with van der Waals surface area (Å²) in [4.78, 5) is 0. The van der Waals surface area contributed by atoms with Gasteiger partial charge in [-0.05, 0) is 34.1 Å². The number of thiophene rings is 1. The minimum atomic E-state index is 0.553. The average Bonchev–Trinajstić information content (AvgIpc) is 2.96. The zero-order valence-corrected chi connectivity index (χ0v) is 14.8. The van der Waals surface area contributed by atoms with Crippen LogP contribution in [0.2, 0.25) is 10.0 Å². The molecule has 0 spiro atoms. The second kappa shape index (κ2) is 5.65. The van der Waals surface area contributed by atoms with Gasteiger partial charge in [0, 0.05) is 28.6 Å². The van der Waals surface area contributed by atoms with E-state index in [4.69, 9.17) is 28.9 Å². The maximum Gasteiger partial charge on any atom is 0.129 e. The largest absolute Gasteiger partial charge is 0.383 e. The average molecular weight is 403 g/mol. The van der Waals surface area contributed by atoms with Crippen LogP contribution in [-0.4, -0.2) is 9.78 Å². The predicted octanol–water partition coefficient (Wildman–Crippen LogP) is 5.47. The summed E-state index contributed by atoms with van der Waals surface area (Å²) in [5.74, 6) is 0.566. The van der Waals surface area contributed by atoms with Crippen LogP contribution >= 0.6 is 50.5 Å². The number of anilines is 1. The topological polar surface area (TPSA) is 43.8 Å². The standard InChI is InChI=1S/C14H10BrCl2N3S/c1-20-14(18)12(9-3-2-8(16)5-10(9)17)13(19-20)7-4-11(15)21-6-7/h2-6H,18H2,1H3. The molecule has 3 nitrogen and oxygen atoms in total. The van der Waals surface area contributed by atoms with Gasteiger partial charge in [-0.1, -0.05) is 29.3 Å². The summed E-state index contributed by atoms with van der Waals surface area (Å²) in [5.41, 5.74) is 9.64. The second-order valence-corrected chi connectivity index (χ2v) is 7.63. The lowest BCUT2D eigenvalue weighted by Crippen LogP contribution is -1.98. The molecule has 2 N–H and O–H groups in total. The van der Waals surface area contributed by atoms with Crippen molar-refractivity contribution in [2.45, 2.75) is 0 Å². The highest BCUT2D eigenvalue weighted by Gasteiger charge is 2.20. The molecule has 7 heteroatoms. The number of halogens is 3. The molecule has 0 fully saturated rings. The van der Waals surface area contributed by atoms with Gasteiger partial charge in [0.15, 0.2) is 0 Å². The first-order valence-corrected chi connectivity index (χ1v) is 8.42. The van der Waals surface area contributed by atoms with E-state index in [-0.39, 0.29) is 0 Å². The molecule has 0 unspecified atom stereocenters. The van der Waals surface area contributed by atoms with E-state index in [2.05, 4.69) is 21.0 Å². The van der Waals surface area contributed by atoms with Gasteiger partial charge in [0.25, 0.3) is 0 Å². The molecule has 3 aromatic rings. The van der Waals surface area contributed by atoms with E-state index in [1.165, 1.54) is 0 Å². The zero-order chi connectivity index (χ0) is 15.1. The molecule has 108 valence electrons. The summed E-state index contributed by atoms with van der Waals surface area (Å²) in [6, 6.07) is 7.38. The number of nitrogens with zero attached hydrogens (tertiary/aromatic N) is 2. The molecule has 0 saturated carbocycles. The van der Waals surface area contributed by atoms with Crippen LogP contribution in [-0.2, 0) is 7.05 Å². The maximum atomic E-state index is 6.33. The number of aryl methyl sites for hydroxylation is 1. The SMILES string of the molecule is Cn1nc(-c2csc(Br)c2)c(-c2ccc(Cl)cc2Cl)c1N. The number of hydrogen-bond donors (Lipinski definition) is 1. The highest BCUT2D eigenvalue weighted by molar-refractivity contribution is 9.11. The highest BCUT2D eigenvalue weighted by atomic mass is 79.9. The van der Waals surface area contributed by atoms with Gasteiger partial charge in [0.2, 0.25) is 0 Å². The summed E-state index contributed by atoms with van der Waals surface area (Å²) in [6.07, 6.45) is 0. The van der Waals surface area contributed by atoms with Crippen molar-refractivity contribution in [1.29, 1.82) is 0 Å². The first-order valence-electron chi connectivity index (χ1n) is 5.99. The van der Waals surface area contributed by atoms with Gasteiger partial charge in [-0.2, -0.15) is 5.10 Å². The third kappa shape index (κ3) is 2.71. The van der Waals surface area contributed by atoms with E-state index in [1.54, 1.807) is 28.2 Å². The lowest BCUT2D eigenvalue weighted by atomic mass is 10.0. The summed E-state index contributed by atoms with van der Waals surface area (Å²) in [5, 5.41) is 7.69. The van der Waals surface area contributed by atoms with E-state index in [0.717, 1.165) is 26.2 Å². The normalized spacial score (nSPS) is 11.0. The molecule has 0 aliphatic rings. The van der Waals surface area contributed by atoms with Crippen molar-refractivity contribution in [3.8, 4) is 22.4 Å². The minimum Gasteiger partial charge on any atom is -0.383 e. The summed E-state index contributed by atoms with van der Waals surface area (Å²) in [7, 11) is 1.81. The Morgan fingerprint density at radius 2 is 2.05 bits per heavy atom. The van der Waals surface area contributed by atoms with Crippen LogP contribution in [0.3, 0.4) is 0 Å². The fourth-order valence-electron chi connectivity index (χ4n) is 2.13. The monoisotopic (exact) mass is 401 g/mol. The van der Waals surface area contributed by atoms with E-state index >= 15 is 0 Å². The first-order chi connectivity index (χ1) is 9.97. The maximum absolute atomic E-state index is 6.33. The van der Waals surface area contributed by atoms with Crippen molar-refractivity contribution in [2.24, 2.45) is 7.05 Å². The molecular formula is C14H10BrCl2N3S. The molecule has 0 saturated heterocycles. The van der Waals surface area contributed by atoms with Crippen molar-refractivity contribution < 1.29 is 0 Å². The van der Waals surface area contributed by atoms with Gasteiger partial charge in [-0.3, -0.25) is 4.68 Å². The number of hydrogen-bond acceptors (Lipinski definition) is 3. The van der Waals surface area contributed by atoms with Crippen molar-refractivity contribution in [3.05, 3.63) is 43.5 Å². The first kappa shape index (κ1) is 14.9. The Bertz CT molecular complexity index is 826. The minimum absolute atomic E-state index is 0.553. The Labute approximate surface area is 144 Å². The van der Waals surface area contributed by atoms with Crippen LogP contribution in [0, 0.1) is 0 Å². The smallest absolute Gasteiger partial charge is 0.129 e. The van der Waals surface area contributed by atoms with Crippen molar-refractivity contribution in [1.82, 2.24) is 9.78 Å². The van der Waals surface area contributed by atoms with E-state index in [0.29, 0.717) is 15.9 Å². The third-order valence-corrected chi connectivity index (χ3v) is 5.19. The zero-order valence-electron chi connectivity index (χ0n) is 10.9. The number of aromatic nitrogens is 2. The number of nitrogens with two attached hydrogens (primary N) is 1. The highest BCUT2D eigenvalue weighted by Crippen LogP contribution is 2.41. The number of nitrogen functional groups attached to an aromatic ring is 1. The number of benzene rings is 1. The fraction of sp³-hybridized carbons (Fsp3) is 0.0714. The molecule has 21 heavy (non-hydrogen) atoms. The summed E-state index contributed by atoms with van der Waals surface area (Å²) >= 11 is 17.4. The molecule has 0 aliphatic carbocycles. The van der Waals surface area contributed by atoms with Crippen LogP contribution in [0.5, 0.6) is 0 Å². The van der Waals surface area contributed by atoms with Gasteiger partial charge in [0.1, 0.15) is 11.5 Å². The van der Waals surface area contributed by atoms with Crippen LogP contribution in [0.4, 0.5) is 5.82 Å². The second-order valence-electron chi connectivity index (χ2n) is 4.50. The molecule has 0 radical (unpaired) electrons. The van der Waals surface area contributed by atoms with Crippen molar-refractivity contribution in [2.75, 3.05) is 5.73 Å². The Morgan fingerprint density at radius 3 is 2.67 bits per heavy atom. The Balaban J connectivity index is 2.26. The van der Waals surface area contributed by atoms with Crippen molar-refractivity contribution >= 4 is 56.3 Å². The van der Waals surface area contributed by atoms with E-state index in [1.807, 2.05) is 24.6 Å². The Kier molecular flexibility index (Phi) is 4.01. The Hall–Kier alpha value is -1.01. The van der Waals surface area contributed by atoms with Gasteiger partial charge in [-0.15, -0.1) is 11.3 Å². The quantitative estimate of drug-likeness (QED) is 0.617. The van der Waals surface area contributed by atoms with Crippen LogP contribution < -0.4 is 5.73 Å². The van der Waals surface area contributed by atoms with E-state index < -0.39 is 0 Å². The summed E-state index contributed by atoms with van der Waals surface area (Å²) < 4.78 is 2.69. The molecular weight excluding hydrogens is 393 g/mol. The lowest BCUT2D eigenvalue weighted by molar-refractivity contribution is 0.782. The lowest BCUT2D eigenvalue weighted by Gasteiger charge is -2.06. The van der Waals surface area contributed by atoms with E-state index in [9.17, 15) is 0 Å². The molecule has 0 atom stereocenters.